The first-order valence-electron chi connectivity index (χ1n) is 9.75. The van der Waals surface area contributed by atoms with Crippen molar-refractivity contribution >= 4 is 39.1 Å². The van der Waals surface area contributed by atoms with Crippen molar-refractivity contribution in [1.29, 1.82) is 0 Å². The normalized spacial score (nSPS) is 12.2. The van der Waals surface area contributed by atoms with E-state index in [9.17, 15) is 18.0 Å². The summed E-state index contributed by atoms with van der Waals surface area (Å²) < 4.78 is 26.1. The minimum atomic E-state index is -3.79. The zero-order chi connectivity index (χ0) is 23.3. The van der Waals surface area contributed by atoms with Crippen molar-refractivity contribution in [2.45, 2.75) is 33.4 Å². The highest BCUT2D eigenvalue weighted by molar-refractivity contribution is 7.92. The van der Waals surface area contributed by atoms with Gasteiger partial charge in [-0.2, -0.15) is 0 Å². The number of hydrogen-bond acceptors (Lipinski definition) is 4. The number of carbonyl (C=O) groups is 2. The first-order chi connectivity index (χ1) is 14.5. The van der Waals surface area contributed by atoms with Gasteiger partial charge in [-0.25, -0.2) is 8.42 Å². The number of nitrogens with one attached hydrogen (secondary N) is 1. The maximum Gasteiger partial charge on any atom is 0.244 e. The van der Waals surface area contributed by atoms with Crippen LogP contribution in [0.2, 0.25) is 5.02 Å². The molecule has 31 heavy (non-hydrogen) atoms. The van der Waals surface area contributed by atoms with Crippen molar-refractivity contribution in [2.24, 2.45) is 0 Å². The molecule has 1 atom stereocenters. The molecule has 1 N–H and O–H groups in total. The van der Waals surface area contributed by atoms with Gasteiger partial charge < -0.3 is 10.2 Å². The Balaban J connectivity index is 2.45. The van der Waals surface area contributed by atoms with Crippen LogP contribution in [0.1, 0.15) is 23.6 Å². The maximum absolute atomic E-state index is 13.4. The van der Waals surface area contributed by atoms with E-state index in [4.69, 9.17) is 11.6 Å². The zero-order valence-electron chi connectivity index (χ0n) is 18.3. The van der Waals surface area contributed by atoms with Crippen molar-refractivity contribution in [3.63, 3.8) is 0 Å². The van der Waals surface area contributed by atoms with E-state index >= 15 is 0 Å². The molecule has 168 valence electrons. The highest BCUT2D eigenvalue weighted by Gasteiger charge is 2.30. The number of likely N-dealkylation sites (N-methyl/N-ethyl adjacent to an activating group) is 1. The highest BCUT2D eigenvalue weighted by atomic mass is 35.5. The van der Waals surface area contributed by atoms with Crippen molar-refractivity contribution in [1.82, 2.24) is 10.2 Å². The Morgan fingerprint density at radius 1 is 1.10 bits per heavy atom. The summed E-state index contributed by atoms with van der Waals surface area (Å²) in [6.07, 6.45) is 1.04. The zero-order valence-corrected chi connectivity index (χ0v) is 19.9. The number of rotatable bonds is 8. The summed E-state index contributed by atoms with van der Waals surface area (Å²) in [6.45, 7) is 5.00. The van der Waals surface area contributed by atoms with Crippen LogP contribution in [-0.4, -0.2) is 51.0 Å². The number of nitrogens with zero attached hydrogens (tertiary/aromatic N) is 2. The molecule has 7 nitrogen and oxygen atoms in total. The van der Waals surface area contributed by atoms with Crippen LogP contribution in [0.25, 0.3) is 0 Å². The van der Waals surface area contributed by atoms with Crippen LogP contribution < -0.4 is 9.62 Å². The lowest BCUT2D eigenvalue weighted by atomic mass is 10.1. The summed E-state index contributed by atoms with van der Waals surface area (Å²) in [5, 5.41) is 2.91. The second-order valence-corrected chi connectivity index (χ2v) is 9.78. The molecule has 0 bridgehead atoms. The Morgan fingerprint density at radius 2 is 1.74 bits per heavy atom. The topological polar surface area (TPSA) is 86.8 Å². The predicted molar refractivity (Wildman–Crippen MR) is 124 cm³/mol. The van der Waals surface area contributed by atoms with Gasteiger partial charge in [0.25, 0.3) is 0 Å². The van der Waals surface area contributed by atoms with E-state index < -0.39 is 28.5 Å². The van der Waals surface area contributed by atoms with Gasteiger partial charge in [0.05, 0.1) is 11.9 Å². The van der Waals surface area contributed by atoms with Crippen LogP contribution in [0, 0.1) is 13.8 Å². The highest BCUT2D eigenvalue weighted by Crippen LogP contribution is 2.26. The number of anilines is 1. The summed E-state index contributed by atoms with van der Waals surface area (Å²) in [4.78, 5) is 27.1. The largest absolute Gasteiger partial charge is 0.357 e. The summed E-state index contributed by atoms with van der Waals surface area (Å²) in [5.41, 5.74) is 2.82. The summed E-state index contributed by atoms with van der Waals surface area (Å²) in [7, 11) is -2.30. The average Bonchev–Trinajstić information content (AvgIpc) is 2.71. The van der Waals surface area contributed by atoms with Crippen LogP contribution in [0.15, 0.2) is 42.5 Å². The second kappa shape index (κ2) is 10.2. The van der Waals surface area contributed by atoms with Crippen LogP contribution in [0.5, 0.6) is 0 Å². The third kappa shape index (κ3) is 6.21. The monoisotopic (exact) mass is 465 g/mol. The lowest BCUT2D eigenvalue weighted by molar-refractivity contribution is -0.139. The molecule has 0 aromatic heterocycles. The number of halogens is 1. The van der Waals surface area contributed by atoms with Gasteiger partial charge in [0.2, 0.25) is 21.8 Å². The minimum Gasteiger partial charge on any atom is -0.357 e. The van der Waals surface area contributed by atoms with E-state index in [0.717, 1.165) is 21.7 Å². The van der Waals surface area contributed by atoms with Gasteiger partial charge in [-0.05, 0) is 49.6 Å². The Morgan fingerprint density at radius 3 is 2.32 bits per heavy atom. The fourth-order valence-electron chi connectivity index (χ4n) is 3.21. The van der Waals surface area contributed by atoms with Crippen LogP contribution >= 0.6 is 11.6 Å². The van der Waals surface area contributed by atoms with Crippen molar-refractivity contribution < 1.29 is 18.0 Å². The molecule has 2 rings (SSSR count). The first-order valence-corrected chi connectivity index (χ1v) is 12.0. The molecular formula is C22H28ClN3O4S. The van der Waals surface area contributed by atoms with E-state index in [1.807, 2.05) is 31.2 Å². The van der Waals surface area contributed by atoms with E-state index in [1.54, 1.807) is 26.0 Å². The van der Waals surface area contributed by atoms with Gasteiger partial charge in [0.15, 0.2) is 0 Å². The molecule has 0 saturated carbocycles. The maximum atomic E-state index is 13.4. The van der Waals surface area contributed by atoms with Gasteiger partial charge in [-0.15, -0.1) is 0 Å². The lowest BCUT2D eigenvalue weighted by Crippen LogP contribution is -2.50. The molecule has 0 heterocycles. The minimum absolute atomic E-state index is 0.173. The molecule has 2 aromatic rings. The van der Waals surface area contributed by atoms with Gasteiger partial charge in [-0.1, -0.05) is 41.9 Å². The molecular weight excluding hydrogens is 438 g/mol. The Hall–Kier alpha value is -2.58. The predicted octanol–water partition coefficient (Wildman–Crippen LogP) is 2.89. The molecule has 0 radical (unpaired) electrons. The molecule has 0 aliphatic carbocycles. The third-order valence-electron chi connectivity index (χ3n) is 5.13. The van der Waals surface area contributed by atoms with Crippen molar-refractivity contribution in [3.05, 3.63) is 64.2 Å². The molecule has 0 saturated heterocycles. The standard InChI is InChI=1S/C22H28ClN3O4S/c1-15-8-6-7-9-18(15)13-25(17(3)22(28)24-4)21(27)14-26(31(5,29)30)20-12-19(23)11-10-16(20)2/h6-12,17H,13-14H2,1-5H3,(H,24,28)/t17-/m1/s1. The Kier molecular flexibility index (Phi) is 8.08. The van der Waals surface area contributed by atoms with Gasteiger partial charge in [0, 0.05) is 18.6 Å². The smallest absolute Gasteiger partial charge is 0.244 e. The molecule has 0 unspecified atom stereocenters. The molecule has 9 heteroatoms. The summed E-state index contributed by atoms with van der Waals surface area (Å²) in [5.74, 6) is -0.837. The number of amides is 2. The molecule has 0 aliphatic rings. The number of sulfonamides is 1. The lowest BCUT2D eigenvalue weighted by Gasteiger charge is -2.32. The Bertz CT molecular complexity index is 1070. The van der Waals surface area contributed by atoms with Crippen molar-refractivity contribution in [2.75, 3.05) is 24.2 Å². The molecule has 0 spiro atoms. The number of carbonyl (C=O) groups excluding carboxylic acids is 2. The number of hydrogen-bond donors (Lipinski definition) is 1. The van der Waals surface area contributed by atoms with Gasteiger partial charge >= 0.3 is 0 Å². The van der Waals surface area contributed by atoms with E-state index in [0.29, 0.717) is 16.3 Å². The Labute approximate surface area is 189 Å². The van der Waals surface area contributed by atoms with E-state index in [1.165, 1.54) is 18.0 Å². The second-order valence-electron chi connectivity index (χ2n) is 7.44. The van der Waals surface area contributed by atoms with Crippen LogP contribution in [0.4, 0.5) is 5.69 Å². The van der Waals surface area contributed by atoms with Crippen LogP contribution in [0.3, 0.4) is 0 Å². The summed E-state index contributed by atoms with van der Waals surface area (Å²) in [6, 6.07) is 11.6. The molecule has 0 fully saturated rings. The number of benzene rings is 2. The molecule has 0 aliphatic heterocycles. The van der Waals surface area contributed by atoms with Crippen molar-refractivity contribution in [3.8, 4) is 0 Å². The van der Waals surface area contributed by atoms with Gasteiger partial charge in [0.1, 0.15) is 12.6 Å². The average molecular weight is 466 g/mol. The number of aryl methyl sites for hydroxylation is 2. The quantitative estimate of drug-likeness (QED) is 0.649. The SMILES string of the molecule is CNC(=O)[C@@H](C)N(Cc1ccccc1C)C(=O)CN(c1cc(Cl)ccc1C)S(C)(=O)=O. The molecule has 2 aromatic carbocycles. The summed E-state index contributed by atoms with van der Waals surface area (Å²) >= 11 is 6.08. The fraction of sp³-hybridized carbons (Fsp3) is 0.364. The molecule has 2 amide bonds. The third-order valence-corrected chi connectivity index (χ3v) is 6.50. The van der Waals surface area contributed by atoms with Gasteiger partial charge in [-0.3, -0.25) is 13.9 Å². The fourth-order valence-corrected chi connectivity index (χ4v) is 4.27. The van der Waals surface area contributed by atoms with E-state index in [-0.39, 0.29) is 12.5 Å². The van der Waals surface area contributed by atoms with E-state index in [2.05, 4.69) is 5.32 Å². The first kappa shape index (κ1) is 24.7. The van der Waals surface area contributed by atoms with Crippen LogP contribution in [-0.2, 0) is 26.2 Å².